The van der Waals surface area contributed by atoms with Crippen molar-refractivity contribution in [1.29, 1.82) is 0 Å². The molecule has 39 heavy (non-hydrogen) atoms. The fourth-order valence-corrected chi connectivity index (χ4v) is 6.31. The Hall–Kier alpha value is -4.43. The van der Waals surface area contributed by atoms with Gasteiger partial charge in [0.05, 0.1) is 5.56 Å². The number of carbonyl (C=O) groups is 5. The third-order valence-corrected chi connectivity index (χ3v) is 7.94. The monoisotopic (exact) mass is 543 g/mol. The molecule has 1 saturated heterocycles. The molecule has 3 aliphatic carbocycles. The van der Waals surface area contributed by atoms with E-state index in [1.165, 1.54) is 20.2 Å². The van der Waals surface area contributed by atoms with Gasteiger partial charge in [-0.3, -0.25) is 19.3 Å². The molecule has 1 heterocycles. The Morgan fingerprint density at radius 2 is 1.67 bits per heavy atom. The van der Waals surface area contributed by atoms with E-state index in [9.17, 15) is 44.4 Å². The SMILES string of the molecule is CN(C)c1ccc(O)c2c1C[C@@H]1C(=C2O)C(=O)[C@]2(O)C(O)=C(C(N)=O)C(=O)[C@@]3(N(C)C)OC(=O)C(=O)OC1[C@@H]23. The summed E-state index contributed by atoms with van der Waals surface area (Å²) in [5, 5.41) is 45.0. The van der Waals surface area contributed by atoms with Crippen LogP contribution in [0, 0.1) is 11.8 Å². The first kappa shape index (κ1) is 26.2. The summed E-state index contributed by atoms with van der Waals surface area (Å²) in [4.78, 5) is 68.3. The van der Waals surface area contributed by atoms with E-state index < -0.39 is 87.1 Å². The number of phenolic OH excluding ortho intramolecular Hbond substituents is 1. The summed E-state index contributed by atoms with van der Waals surface area (Å²) in [6.45, 7) is 0. The second kappa shape index (κ2) is 8.04. The fourth-order valence-electron chi connectivity index (χ4n) is 6.31. The number of nitrogens with two attached hydrogens (primary N) is 1. The van der Waals surface area contributed by atoms with Gasteiger partial charge >= 0.3 is 11.9 Å². The van der Waals surface area contributed by atoms with Gasteiger partial charge in [-0.1, -0.05) is 0 Å². The second-order valence-corrected chi connectivity index (χ2v) is 10.3. The van der Waals surface area contributed by atoms with Crippen molar-refractivity contribution in [3.05, 3.63) is 40.2 Å². The number of benzene rings is 1. The summed E-state index contributed by atoms with van der Waals surface area (Å²) in [6.07, 6.45) is -1.91. The number of ether oxygens (including phenoxy) is 2. The number of aliphatic hydroxyl groups excluding tert-OH is 2. The average Bonchev–Trinajstić information content (AvgIpc) is 2.96. The van der Waals surface area contributed by atoms with E-state index in [0.29, 0.717) is 11.3 Å². The highest BCUT2D eigenvalue weighted by molar-refractivity contribution is 6.32. The van der Waals surface area contributed by atoms with Crippen molar-refractivity contribution in [2.24, 2.45) is 17.6 Å². The second-order valence-electron chi connectivity index (χ2n) is 10.3. The number of hydrogen-bond acceptors (Lipinski definition) is 13. The van der Waals surface area contributed by atoms with Gasteiger partial charge in [-0.15, -0.1) is 0 Å². The Bertz CT molecular complexity index is 1480. The number of phenols is 1. The van der Waals surface area contributed by atoms with Crippen LogP contribution in [0.3, 0.4) is 0 Å². The van der Waals surface area contributed by atoms with Crippen molar-refractivity contribution in [3.8, 4) is 5.75 Å². The summed E-state index contributed by atoms with van der Waals surface area (Å²) in [5.41, 5.74) is -1.68. The van der Waals surface area contributed by atoms with Crippen molar-refractivity contribution in [3.63, 3.8) is 0 Å². The van der Waals surface area contributed by atoms with Gasteiger partial charge in [0.25, 0.3) is 5.91 Å². The third kappa shape index (κ3) is 3.00. The van der Waals surface area contributed by atoms with Crippen LogP contribution in [0.4, 0.5) is 5.69 Å². The quantitative estimate of drug-likeness (QED) is 0.166. The minimum atomic E-state index is -3.23. The first-order valence-corrected chi connectivity index (χ1v) is 11.7. The van der Waals surface area contributed by atoms with Crippen LogP contribution in [0.15, 0.2) is 29.0 Å². The van der Waals surface area contributed by atoms with Gasteiger partial charge in [0.2, 0.25) is 17.3 Å². The number of rotatable bonds is 3. The standard InChI is InChI=1S/C25H25N3O11/c1-27(2)10-5-6-11(29)12-8(10)7-9-13(15(12)30)18(31)24(37)17-16(9)38-22(35)23(36)39-25(17,28(3)4)20(33)14(19(24)32)21(26)34/h5-6,9,16-17,29-30,32,37H,7H2,1-4H3,(H2,26,34)/t9-,16?,17+,24+,25+/m1/s1. The minimum Gasteiger partial charge on any atom is -0.508 e. The highest BCUT2D eigenvalue weighted by Gasteiger charge is 2.77. The van der Waals surface area contributed by atoms with Gasteiger partial charge in [-0.25, -0.2) is 9.59 Å². The van der Waals surface area contributed by atoms with Crippen molar-refractivity contribution >= 4 is 40.9 Å². The smallest absolute Gasteiger partial charge is 0.419 e. The summed E-state index contributed by atoms with van der Waals surface area (Å²) in [6, 6.07) is 2.84. The molecule has 1 amide bonds. The lowest BCUT2D eigenvalue weighted by molar-refractivity contribution is -0.228. The molecular weight excluding hydrogens is 518 g/mol. The van der Waals surface area contributed by atoms with Crippen molar-refractivity contribution < 1.29 is 53.9 Å². The van der Waals surface area contributed by atoms with E-state index in [4.69, 9.17) is 15.2 Å². The maximum Gasteiger partial charge on any atom is 0.419 e. The largest absolute Gasteiger partial charge is 0.508 e. The van der Waals surface area contributed by atoms with Crippen molar-refractivity contribution in [1.82, 2.24) is 4.90 Å². The van der Waals surface area contributed by atoms with Gasteiger partial charge in [-0.05, 0) is 38.2 Å². The molecule has 4 aliphatic rings. The van der Waals surface area contributed by atoms with Crippen LogP contribution in [0.2, 0.25) is 0 Å². The number of primary amides is 1. The Morgan fingerprint density at radius 3 is 2.23 bits per heavy atom. The molecule has 1 unspecified atom stereocenters. The molecule has 14 nitrogen and oxygen atoms in total. The molecular formula is C25H25N3O11. The molecule has 0 aromatic heterocycles. The van der Waals surface area contributed by atoms with Gasteiger partial charge < -0.3 is 40.5 Å². The van der Waals surface area contributed by atoms with Crippen molar-refractivity contribution in [2.75, 3.05) is 33.1 Å². The van der Waals surface area contributed by atoms with E-state index in [0.717, 1.165) is 4.90 Å². The maximum absolute atomic E-state index is 14.1. The highest BCUT2D eigenvalue weighted by Crippen LogP contribution is 2.58. The number of fused-ring (bicyclic) bond motifs is 3. The number of amides is 1. The van der Waals surface area contributed by atoms with E-state index in [-0.39, 0.29) is 12.0 Å². The molecule has 2 fully saturated rings. The zero-order valence-electron chi connectivity index (χ0n) is 21.2. The van der Waals surface area contributed by atoms with Crippen LogP contribution in [-0.2, 0) is 39.9 Å². The number of aromatic hydroxyl groups is 1. The Labute approximate surface area is 220 Å². The molecule has 0 radical (unpaired) electrons. The highest BCUT2D eigenvalue weighted by atomic mass is 16.6. The fraction of sp³-hybridized carbons (Fsp3) is 0.400. The Balaban J connectivity index is 1.92. The van der Waals surface area contributed by atoms with Gasteiger partial charge in [0, 0.05) is 31.3 Å². The van der Waals surface area contributed by atoms with E-state index >= 15 is 0 Å². The molecule has 206 valence electrons. The zero-order chi connectivity index (χ0) is 28.9. The van der Waals surface area contributed by atoms with E-state index in [2.05, 4.69) is 0 Å². The average molecular weight is 543 g/mol. The predicted octanol–water partition coefficient (Wildman–Crippen LogP) is -1.56. The minimum absolute atomic E-state index is 0.139. The molecule has 1 saturated carbocycles. The van der Waals surface area contributed by atoms with Crippen LogP contribution in [0.25, 0.3) is 5.76 Å². The van der Waals surface area contributed by atoms with Crippen LogP contribution in [0.5, 0.6) is 5.75 Å². The topological polar surface area (TPSA) is 217 Å². The van der Waals surface area contributed by atoms with Gasteiger partial charge in [0.15, 0.2) is 5.60 Å². The van der Waals surface area contributed by atoms with Gasteiger partial charge in [-0.2, -0.15) is 0 Å². The number of likely N-dealkylation sites (N-methyl/N-ethyl adjacent to an activating group) is 1. The van der Waals surface area contributed by atoms with Crippen molar-refractivity contribution in [2.45, 2.75) is 23.9 Å². The molecule has 1 aromatic rings. The zero-order valence-corrected chi connectivity index (χ0v) is 21.2. The van der Waals surface area contributed by atoms with Crippen LogP contribution in [0.1, 0.15) is 11.1 Å². The predicted molar refractivity (Wildman–Crippen MR) is 129 cm³/mol. The molecule has 1 aromatic carbocycles. The van der Waals surface area contributed by atoms with E-state index in [1.807, 2.05) is 0 Å². The number of esters is 2. The number of Topliss-reactive ketones (excluding diaryl/α,β-unsaturated/α-hetero) is 2. The molecule has 1 aliphatic heterocycles. The van der Waals surface area contributed by atoms with E-state index in [1.54, 1.807) is 25.1 Å². The molecule has 0 spiro atoms. The lowest BCUT2D eigenvalue weighted by Gasteiger charge is -2.56. The summed E-state index contributed by atoms with van der Waals surface area (Å²) < 4.78 is 10.7. The number of ketones is 2. The lowest BCUT2D eigenvalue weighted by atomic mass is 9.54. The van der Waals surface area contributed by atoms with Crippen LogP contribution < -0.4 is 10.6 Å². The number of nitrogens with zero attached hydrogens (tertiary/aromatic N) is 2. The Morgan fingerprint density at radius 1 is 1.03 bits per heavy atom. The third-order valence-electron chi connectivity index (χ3n) is 7.94. The summed E-state index contributed by atoms with van der Waals surface area (Å²) in [5.74, 6) is -13.5. The van der Waals surface area contributed by atoms with Crippen LogP contribution >= 0.6 is 0 Å². The maximum atomic E-state index is 14.1. The molecule has 5 atom stereocenters. The Kier molecular flexibility index (Phi) is 5.40. The number of anilines is 1. The lowest BCUT2D eigenvalue weighted by Crippen LogP contribution is -2.76. The summed E-state index contributed by atoms with van der Waals surface area (Å²) >= 11 is 0. The first-order chi connectivity index (χ1) is 18.1. The summed E-state index contributed by atoms with van der Waals surface area (Å²) in [7, 11) is 5.84. The van der Waals surface area contributed by atoms with Gasteiger partial charge in [0.1, 0.15) is 34.9 Å². The molecule has 0 bridgehead atoms. The molecule has 5 rings (SSSR count). The number of aliphatic hydroxyl groups is 3. The first-order valence-electron chi connectivity index (χ1n) is 11.7. The number of hydrogen-bond donors (Lipinski definition) is 5. The molecule has 6 N–H and O–H groups in total. The normalized spacial score (nSPS) is 31.7. The number of carbonyl (C=O) groups excluding carboxylic acids is 5. The molecule has 14 heteroatoms. The van der Waals surface area contributed by atoms with Crippen LogP contribution in [-0.4, -0.2) is 100 Å².